The standard InChI is InChI=1S/C19H21NO4S/c1-13-10-16-11-17(24-3)6-9-19(16)20(12-13)25(22,23)18-7-4-15(5-8-18)14(2)21/h4-9,11,13H,10,12H2,1-3H3. The van der Waals surface area contributed by atoms with E-state index >= 15 is 0 Å². The van der Waals surface area contributed by atoms with Gasteiger partial charge in [-0.3, -0.25) is 9.10 Å². The Morgan fingerprint density at radius 3 is 2.44 bits per heavy atom. The molecular weight excluding hydrogens is 338 g/mol. The van der Waals surface area contributed by atoms with Gasteiger partial charge in [-0.2, -0.15) is 0 Å². The third-order valence-electron chi connectivity index (χ3n) is 4.45. The molecule has 1 atom stereocenters. The van der Waals surface area contributed by atoms with E-state index in [2.05, 4.69) is 0 Å². The summed E-state index contributed by atoms with van der Waals surface area (Å²) in [7, 11) is -2.09. The fraction of sp³-hybridized carbons (Fsp3) is 0.316. The number of hydrogen-bond acceptors (Lipinski definition) is 4. The topological polar surface area (TPSA) is 63.7 Å². The zero-order valence-electron chi connectivity index (χ0n) is 14.5. The van der Waals surface area contributed by atoms with Gasteiger partial charge < -0.3 is 4.74 Å². The van der Waals surface area contributed by atoms with E-state index in [0.29, 0.717) is 17.8 Å². The molecule has 1 heterocycles. The van der Waals surface area contributed by atoms with Gasteiger partial charge in [0.25, 0.3) is 10.0 Å². The van der Waals surface area contributed by atoms with Crippen LogP contribution in [0.5, 0.6) is 5.75 Å². The largest absolute Gasteiger partial charge is 0.497 e. The van der Waals surface area contributed by atoms with Crippen molar-refractivity contribution in [2.24, 2.45) is 5.92 Å². The monoisotopic (exact) mass is 359 g/mol. The van der Waals surface area contributed by atoms with Crippen molar-refractivity contribution in [2.45, 2.75) is 25.2 Å². The lowest BCUT2D eigenvalue weighted by Crippen LogP contribution is -2.39. The van der Waals surface area contributed by atoms with Gasteiger partial charge in [0.2, 0.25) is 0 Å². The minimum Gasteiger partial charge on any atom is -0.497 e. The first kappa shape index (κ1) is 17.5. The highest BCUT2D eigenvalue weighted by Gasteiger charge is 2.32. The van der Waals surface area contributed by atoms with Crippen LogP contribution in [0.25, 0.3) is 0 Å². The van der Waals surface area contributed by atoms with Crippen LogP contribution in [0.3, 0.4) is 0 Å². The number of carbonyl (C=O) groups excluding carboxylic acids is 1. The number of methoxy groups -OCH3 is 1. The maximum Gasteiger partial charge on any atom is 0.264 e. The minimum atomic E-state index is -3.69. The Morgan fingerprint density at radius 1 is 1.16 bits per heavy atom. The van der Waals surface area contributed by atoms with Crippen LogP contribution in [0.4, 0.5) is 5.69 Å². The summed E-state index contributed by atoms with van der Waals surface area (Å²) in [4.78, 5) is 11.6. The van der Waals surface area contributed by atoms with Gasteiger partial charge >= 0.3 is 0 Å². The molecule has 0 bridgehead atoms. The predicted octanol–water partition coefficient (Wildman–Crippen LogP) is 3.29. The predicted molar refractivity (Wildman–Crippen MR) is 96.8 cm³/mol. The summed E-state index contributed by atoms with van der Waals surface area (Å²) >= 11 is 0. The Morgan fingerprint density at radius 2 is 1.84 bits per heavy atom. The van der Waals surface area contributed by atoms with Crippen LogP contribution in [0, 0.1) is 5.92 Å². The number of ether oxygens (including phenoxy) is 1. The number of anilines is 1. The van der Waals surface area contributed by atoms with Crippen LogP contribution in [-0.2, 0) is 16.4 Å². The molecule has 0 saturated carbocycles. The van der Waals surface area contributed by atoms with Gasteiger partial charge in [-0.25, -0.2) is 8.42 Å². The Hall–Kier alpha value is -2.34. The molecule has 25 heavy (non-hydrogen) atoms. The Labute approximate surface area is 148 Å². The van der Waals surface area contributed by atoms with Crippen molar-refractivity contribution >= 4 is 21.5 Å². The summed E-state index contributed by atoms with van der Waals surface area (Å²) < 4.78 is 33.0. The van der Waals surface area contributed by atoms with E-state index in [0.717, 1.165) is 17.7 Å². The number of hydrogen-bond donors (Lipinski definition) is 0. The fourth-order valence-electron chi connectivity index (χ4n) is 3.13. The molecule has 1 unspecified atom stereocenters. The smallest absolute Gasteiger partial charge is 0.264 e. The van der Waals surface area contributed by atoms with Gasteiger partial charge in [0, 0.05) is 12.1 Å². The van der Waals surface area contributed by atoms with Crippen LogP contribution < -0.4 is 9.04 Å². The molecule has 0 fully saturated rings. The quantitative estimate of drug-likeness (QED) is 0.786. The van der Waals surface area contributed by atoms with Gasteiger partial charge in [0.15, 0.2) is 5.78 Å². The van der Waals surface area contributed by atoms with Crippen molar-refractivity contribution < 1.29 is 17.9 Å². The molecule has 5 nitrogen and oxygen atoms in total. The number of sulfonamides is 1. The molecule has 0 N–H and O–H groups in total. The molecule has 6 heteroatoms. The molecule has 0 aliphatic carbocycles. The SMILES string of the molecule is COc1ccc2c(c1)CC(C)CN2S(=O)(=O)c1ccc(C(C)=O)cc1. The van der Waals surface area contributed by atoms with Crippen LogP contribution >= 0.6 is 0 Å². The van der Waals surface area contributed by atoms with Gasteiger partial charge in [-0.05, 0) is 55.2 Å². The minimum absolute atomic E-state index is 0.0898. The lowest BCUT2D eigenvalue weighted by molar-refractivity contribution is 0.101. The Bertz CT molecular complexity index is 904. The number of fused-ring (bicyclic) bond motifs is 1. The fourth-order valence-corrected chi connectivity index (χ4v) is 4.76. The van der Waals surface area contributed by atoms with E-state index in [9.17, 15) is 13.2 Å². The van der Waals surface area contributed by atoms with Crippen LogP contribution in [0.15, 0.2) is 47.4 Å². The molecule has 0 amide bonds. The van der Waals surface area contributed by atoms with Gasteiger partial charge in [-0.15, -0.1) is 0 Å². The second kappa shape index (κ2) is 6.52. The van der Waals surface area contributed by atoms with Crippen LogP contribution in [-0.4, -0.2) is 27.9 Å². The van der Waals surface area contributed by atoms with E-state index in [1.807, 2.05) is 13.0 Å². The maximum atomic E-state index is 13.1. The number of rotatable bonds is 4. The van der Waals surface area contributed by atoms with Crippen LogP contribution in [0.2, 0.25) is 0 Å². The molecule has 0 aromatic heterocycles. The number of Topliss-reactive ketones (excluding diaryl/α,β-unsaturated/α-hetero) is 1. The summed E-state index contributed by atoms with van der Waals surface area (Å²) in [6, 6.07) is 11.6. The normalized spacial score (nSPS) is 17.1. The first-order chi connectivity index (χ1) is 11.8. The third-order valence-corrected chi connectivity index (χ3v) is 6.24. The molecule has 2 aromatic rings. The van der Waals surface area contributed by atoms with E-state index in [-0.39, 0.29) is 16.6 Å². The van der Waals surface area contributed by atoms with Gasteiger partial charge in [0.1, 0.15) is 5.75 Å². The second-order valence-corrected chi connectivity index (χ2v) is 8.28. The summed E-state index contributed by atoms with van der Waals surface area (Å²) in [6.45, 7) is 3.92. The van der Waals surface area contributed by atoms with E-state index in [1.54, 1.807) is 31.4 Å². The second-order valence-electron chi connectivity index (χ2n) is 6.42. The highest BCUT2D eigenvalue weighted by molar-refractivity contribution is 7.92. The maximum absolute atomic E-state index is 13.1. The van der Waals surface area contributed by atoms with Crippen LogP contribution in [0.1, 0.15) is 29.8 Å². The van der Waals surface area contributed by atoms with Crippen molar-refractivity contribution in [2.75, 3.05) is 18.0 Å². The van der Waals surface area contributed by atoms with Crippen molar-refractivity contribution in [1.82, 2.24) is 0 Å². The molecule has 0 radical (unpaired) electrons. The summed E-state index contributed by atoms with van der Waals surface area (Å²) in [5.74, 6) is 0.829. The van der Waals surface area contributed by atoms with E-state index in [1.165, 1.54) is 23.4 Å². The molecule has 2 aromatic carbocycles. The van der Waals surface area contributed by atoms with Crippen molar-refractivity contribution in [1.29, 1.82) is 0 Å². The number of carbonyl (C=O) groups is 1. The third kappa shape index (κ3) is 3.26. The first-order valence-corrected chi connectivity index (χ1v) is 9.57. The Kier molecular flexibility index (Phi) is 4.56. The summed E-state index contributed by atoms with van der Waals surface area (Å²) in [5.41, 5.74) is 2.15. The first-order valence-electron chi connectivity index (χ1n) is 8.13. The highest BCUT2D eigenvalue weighted by Crippen LogP contribution is 2.36. The molecular formula is C19H21NO4S. The lowest BCUT2D eigenvalue weighted by atomic mass is 9.95. The molecule has 0 saturated heterocycles. The van der Waals surface area contributed by atoms with E-state index < -0.39 is 10.0 Å². The van der Waals surface area contributed by atoms with Crippen molar-refractivity contribution in [3.8, 4) is 5.75 Å². The van der Waals surface area contributed by atoms with Crippen molar-refractivity contribution in [3.63, 3.8) is 0 Å². The number of ketones is 1. The Balaban J connectivity index is 2.04. The van der Waals surface area contributed by atoms with Gasteiger partial charge in [0.05, 0.1) is 17.7 Å². The summed E-state index contributed by atoms with van der Waals surface area (Å²) in [6.07, 6.45) is 0.807. The van der Waals surface area contributed by atoms with Gasteiger partial charge in [-0.1, -0.05) is 19.1 Å². The zero-order valence-corrected chi connectivity index (χ0v) is 15.3. The molecule has 3 rings (SSSR count). The average Bonchev–Trinajstić information content (AvgIpc) is 2.60. The molecule has 0 spiro atoms. The number of benzene rings is 2. The summed E-state index contributed by atoms with van der Waals surface area (Å²) in [5, 5.41) is 0. The lowest BCUT2D eigenvalue weighted by Gasteiger charge is -2.34. The van der Waals surface area contributed by atoms with Crippen molar-refractivity contribution in [3.05, 3.63) is 53.6 Å². The average molecular weight is 359 g/mol. The van der Waals surface area contributed by atoms with E-state index in [4.69, 9.17) is 4.74 Å². The number of nitrogens with zero attached hydrogens (tertiary/aromatic N) is 1. The zero-order chi connectivity index (χ0) is 18.2. The molecule has 1 aliphatic rings. The molecule has 1 aliphatic heterocycles. The molecule has 132 valence electrons. The highest BCUT2D eigenvalue weighted by atomic mass is 32.2.